The molecule has 23 heavy (non-hydrogen) atoms. The van der Waals surface area contributed by atoms with Crippen molar-refractivity contribution in [2.75, 3.05) is 21.3 Å². The van der Waals surface area contributed by atoms with Gasteiger partial charge in [0, 0.05) is 17.7 Å². The van der Waals surface area contributed by atoms with Crippen LogP contribution >= 0.6 is 0 Å². The van der Waals surface area contributed by atoms with Gasteiger partial charge >= 0.3 is 0 Å². The molecule has 0 fully saturated rings. The van der Waals surface area contributed by atoms with Gasteiger partial charge in [-0.2, -0.15) is 0 Å². The summed E-state index contributed by atoms with van der Waals surface area (Å²) < 4.78 is 16.0. The first kappa shape index (κ1) is 16.7. The van der Waals surface area contributed by atoms with Gasteiger partial charge in [0.25, 0.3) is 5.91 Å². The minimum atomic E-state index is -0.136. The van der Waals surface area contributed by atoms with Crippen molar-refractivity contribution in [2.45, 2.75) is 13.5 Å². The van der Waals surface area contributed by atoms with Crippen LogP contribution in [0.2, 0.25) is 0 Å². The quantitative estimate of drug-likeness (QED) is 0.890. The number of hydrogen-bond donors (Lipinski definition) is 1. The molecule has 5 nitrogen and oxygen atoms in total. The van der Waals surface area contributed by atoms with E-state index in [0.29, 0.717) is 29.4 Å². The lowest BCUT2D eigenvalue weighted by Gasteiger charge is -2.16. The molecule has 0 saturated carbocycles. The maximum absolute atomic E-state index is 12.3. The van der Waals surface area contributed by atoms with E-state index in [4.69, 9.17) is 14.2 Å². The third-order valence-corrected chi connectivity index (χ3v) is 3.63. The van der Waals surface area contributed by atoms with E-state index in [1.165, 1.54) is 0 Å². The van der Waals surface area contributed by atoms with E-state index in [9.17, 15) is 4.79 Å². The lowest BCUT2D eigenvalue weighted by molar-refractivity contribution is 0.0950. The van der Waals surface area contributed by atoms with Crippen molar-refractivity contribution >= 4 is 5.91 Å². The average molecular weight is 315 g/mol. The van der Waals surface area contributed by atoms with Crippen LogP contribution in [-0.4, -0.2) is 27.2 Å². The zero-order valence-electron chi connectivity index (χ0n) is 13.8. The summed E-state index contributed by atoms with van der Waals surface area (Å²) in [4.78, 5) is 12.3. The van der Waals surface area contributed by atoms with Crippen molar-refractivity contribution in [3.8, 4) is 17.2 Å². The second kappa shape index (κ2) is 7.54. The molecule has 1 N–H and O–H groups in total. The summed E-state index contributed by atoms with van der Waals surface area (Å²) >= 11 is 0. The summed E-state index contributed by atoms with van der Waals surface area (Å²) in [5.74, 6) is 1.70. The lowest BCUT2D eigenvalue weighted by atomic mass is 10.1. The van der Waals surface area contributed by atoms with Crippen LogP contribution in [0.3, 0.4) is 0 Å². The molecule has 1 amide bonds. The van der Waals surface area contributed by atoms with Crippen LogP contribution in [0, 0.1) is 6.92 Å². The Hall–Kier alpha value is -2.69. The molecule has 2 aromatic carbocycles. The zero-order chi connectivity index (χ0) is 16.8. The first-order valence-electron chi connectivity index (χ1n) is 7.23. The largest absolute Gasteiger partial charge is 0.496 e. The van der Waals surface area contributed by atoms with Crippen molar-refractivity contribution in [2.24, 2.45) is 0 Å². The molecule has 0 aromatic heterocycles. The molecule has 2 rings (SSSR count). The summed E-state index contributed by atoms with van der Waals surface area (Å²) in [5, 5.41) is 2.90. The summed E-state index contributed by atoms with van der Waals surface area (Å²) in [7, 11) is 4.72. The number of ether oxygens (including phenoxy) is 3. The Balaban J connectivity index is 2.23. The molecule has 0 radical (unpaired) electrons. The Labute approximate surface area is 136 Å². The molecule has 0 aliphatic rings. The summed E-state index contributed by atoms with van der Waals surface area (Å²) in [6.07, 6.45) is 0. The summed E-state index contributed by atoms with van der Waals surface area (Å²) in [6, 6.07) is 11.0. The van der Waals surface area contributed by atoms with Gasteiger partial charge < -0.3 is 19.5 Å². The molecule has 0 heterocycles. The minimum absolute atomic E-state index is 0.136. The molecule has 5 heteroatoms. The van der Waals surface area contributed by atoms with Crippen LogP contribution in [0.4, 0.5) is 0 Å². The smallest absolute Gasteiger partial charge is 0.251 e. The van der Waals surface area contributed by atoms with Gasteiger partial charge in [-0.25, -0.2) is 0 Å². The number of nitrogens with one attached hydrogen (secondary N) is 1. The highest BCUT2D eigenvalue weighted by molar-refractivity contribution is 5.95. The molecule has 0 saturated heterocycles. The number of rotatable bonds is 6. The Kier molecular flexibility index (Phi) is 5.46. The molecule has 0 aliphatic carbocycles. The molecular formula is C18H21NO4. The van der Waals surface area contributed by atoms with Crippen molar-refractivity contribution in [3.05, 3.63) is 53.1 Å². The van der Waals surface area contributed by atoms with Gasteiger partial charge in [0.1, 0.15) is 17.2 Å². The first-order valence-corrected chi connectivity index (χ1v) is 7.23. The van der Waals surface area contributed by atoms with E-state index in [1.54, 1.807) is 39.5 Å². The number of carbonyl (C=O) groups excluding carboxylic acids is 1. The first-order chi connectivity index (χ1) is 11.1. The predicted molar refractivity (Wildman–Crippen MR) is 88.4 cm³/mol. The van der Waals surface area contributed by atoms with Crippen molar-refractivity contribution in [3.63, 3.8) is 0 Å². The number of methoxy groups -OCH3 is 3. The Morgan fingerprint density at radius 1 is 1.00 bits per heavy atom. The van der Waals surface area contributed by atoms with Crippen molar-refractivity contribution in [1.29, 1.82) is 0 Å². The van der Waals surface area contributed by atoms with Crippen molar-refractivity contribution < 1.29 is 19.0 Å². The second-order valence-corrected chi connectivity index (χ2v) is 5.01. The molecular weight excluding hydrogens is 294 g/mol. The highest BCUT2D eigenvalue weighted by Crippen LogP contribution is 2.33. The van der Waals surface area contributed by atoms with Crippen LogP contribution < -0.4 is 19.5 Å². The normalized spacial score (nSPS) is 10.1. The van der Waals surface area contributed by atoms with Crippen LogP contribution in [-0.2, 0) is 6.54 Å². The van der Waals surface area contributed by atoms with E-state index in [1.807, 2.05) is 25.1 Å². The number of hydrogen-bond acceptors (Lipinski definition) is 4. The summed E-state index contributed by atoms with van der Waals surface area (Å²) in [5.41, 5.74) is 2.34. The Bertz CT molecular complexity index is 672. The monoisotopic (exact) mass is 315 g/mol. The highest BCUT2D eigenvalue weighted by atomic mass is 16.5. The molecule has 2 aromatic rings. The van der Waals surface area contributed by atoms with Crippen LogP contribution in [0.25, 0.3) is 0 Å². The fourth-order valence-corrected chi connectivity index (χ4v) is 2.34. The second-order valence-electron chi connectivity index (χ2n) is 5.01. The van der Waals surface area contributed by atoms with Crippen LogP contribution in [0.5, 0.6) is 17.2 Å². The van der Waals surface area contributed by atoms with Gasteiger partial charge in [-0.05, 0) is 18.6 Å². The highest BCUT2D eigenvalue weighted by Gasteiger charge is 2.15. The van der Waals surface area contributed by atoms with Crippen LogP contribution in [0.15, 0.2) is 36.4 Å². The molecule has 122 valence electrons. The number of aryl methyl sites for hydroxylation is 1. The molecule has 0 bridgehead atoms. The van der Waals surface area contributed by atoms with Gasteiger partial charge in [0.2, 0.25) is 0 Å². The molecule has 0 unspecified atom stereocenters. The number of carbonyl (C=O) groups is 1. The molecule has 0 aliphatic heterocycles. The van der Waals surface area contributed by atoms with Crippen molar-refractivity contribution in [1.82, 2.24) is 5.32 Å². The van der Waals surface area contributed by atoms with Crippen LogP contribution in [0.1, 0.15) is 21.5 Å². The van der Waals surface area contributed by atoms with Gasteiger partial charge in [-0.15, -0.1) is 0 Å². The van der Waals surface area contributed by atoms with E-state index < -0.39 is 0 Å². The fourth-order valence-electron chi connectivity index (χ4n) is 2.34. The molecule has 0 spiro atoms. The Morgan fingerprint density at radius 3 is 2.13 bits per heavy atom. The Morgan fingerprint density at radius 2 is 1.61 bits per heavy atom. The molecule has 0 atom stereocenters. The fraction of sp³-hybridized carbons (Fsp3) is 0.278. The van der Waals surface area contributed by atoms with E-state index in [0.717, 1.165) is 11.1 Å². The van der Waals surface area contributed by atoms with Gasteiger partial charge in [0.05, 0.1) is 33.4 Å². The number of amides is 1. The van der Waals surface area contributed by atoms with Gasteiger partial charge in [-0.3, -0.25) is 4.79 Å². The van der Waals surface area contributed by atoms with E-state index in [-0.39, 0.29) is 5.91 Å². The average Bonchev–Trinajstić information content (AvgIpc) is 2.59. The topological polar surface area (TPSA) is 56.8 Å². The van der Waals surface area contributed by atoms with Gasteiger partial charge in [0.15, 0.2) is 0 Å². The SMILES string of the molecule is COc1cc(OC)c(CNC(=O)c2ccccc2C)c(OC)c1. The number of benzene rings is 2. The van der Waals surface area contributed by atoms with E-state index >= 15 is 0 Å². The maximum Gasteiger partial charge on any atom is 0.251 e. The third kappa shape index (κ3) is 3.74. The van der Waals surface area contributed by atoms with Gasteiger partial charge in [-0.1, -0.05) is 18.2 Å². The predicted octanol–water partition coefficient (Wildman–Crippen LogP) is 2.95. The maximum atomic E-state index is 12.3. The van der Waals surface area contributed by atoms with E-state index in [2.05, 4.69) is 5.32 Å². The zero-order valence-corrected chi connectivity index (χ0v) is 13.8. The summed E-state index contributed by atoms with van der Waals surface area (Å²) in [6.45, 7) is 2.20. The third-order valence-electron chi connectivity index (χ3n) is 3.63. The standard InChI is InChI=1S/C18H21NO4/c1-12-7-5-6-8-14(12)18(20)19-11-15-16(22-3)9-13(21-2)10-17(15)23-4/h5-10H,11H2,1-4H3,(H,19,20). The minimum Gasteiger partial charge on any atom is -0.496 e. The lowest BCUT2D eigenvalue weighted by Crippen LogP contribution is -2.24.